The summed E-state index contributed by atoms with van der Waals surface area (Å²) < 4.78 is 20.9. The van der Waals surface area contributed by atoms with E-state index in [4.69, 9.17) is 18.9 Å². The standard InChI is InChI=1S/C22H22N2O6/c1-27-17-12-15(21(25)30-4)18(20(29-3)19(17)28-2)24-22(26)23-16-11-7-9-13-8-5-6-10-14(13)16/h5-12H,1-4H3,(H2,23,24,26). The molecule has 0 aliphatic carbocycles. The number of ether oxygens (including phenoxy) is 4. The fraction of sp³-hybridized carbons (Fsp3) is 0.182. The molecule has 8 nitrogen and oxygen atoms in total. The van der Waals surface area contributed by atoms with E-state index in [-0.39, 0.29) is 28.5 Å². The fourth-order valence-electron chi connectivity index (χ4n) is 3.15. The largest absolute Gasteiger partial charge is 0.493 e. The monoisotopic (exact) mass is 410 g/mol. The number of urea groups is 1. The van der Waals surface area contributed by atoms with E-state index < -0.39 is 12.0 Å². The second-order valence-electron chi connectivity index (χ2n) is 6.17. The maximum absolute atomic E-state index is 12.8. The molecule has 0 saturated heterocycles. The van der Waals surface area contributed by atoms with Crippen LogP contribution in [0.25, 0.3) is 10.8 Å². The van der Waals surface area contributed by atoms with Crippen LogP contribution in [0.5, 0.6) is 17.2 Å². The third-order valence-electron chi connectivity index (χ3n) is 4.51. The Morgan fingerprint density at radius 1 is 0.800 bits per heavy atom. The van der Waals surface area contributed by atoms with Gasteiger partial charge in [-0.15, -0.1) is 0 Å². The number of carbonyl (C=O) groups is 2. The van der Waals surface area contributed by atoms with Crippen molar-refractivity contribution in [1.82, 2.24) is 0 Å². The molecule has 0 aliphatic rings. The topological polar surface area (TPSA) is 95.1 Å². The van der Waals surface area contributed by atoms with E-state index >= 15 is 0 Å². The lowest BCUT2D eigenvalue weighted by molar-refractivity contribution is 0.0601. The first-order chi connectivity index (χ1) is 14.5. The van der Waals surface area contributed by atoms with Crippen LogP contribution in [0.15, 0.2) is 48.5 Å². The Kier molecular flexibility index (Phi) is 6.26. The molecular weight excluding hydrogens is 388 g/mol. The molecule has 0 saturated carbocycles. The highest BCUT2D eigenvalue weighted by Crippen LogP contribution is 2.45. The van der Waals surface area contributed by atoms with Crippen molar-refractivity contribution in [2.75, 3.05) is 39.1 Å². The van der Waals surface area contributed by atoms with Crippen LogP contribution < -0.4 is 24.8 Å². The average molecular weight is 410 g/mol. The third-order valence-corrected chi connectivity index (χ3v) is 4.51. The predicted octanol–water partition coefficient (Wildman–Crippen LogP) is 4.30. The van der Waals surface area contributed by atoms with Gasteiger partial charge in [-0.2, -0.15) is 0 Å². The first-order valence-electron chi connectivity index (χ1n) is 9.01. The molecule has 2 N–H and O–H groups in total. The molecular formula is C22H22N2O6. The van der Waals surface area contributed by atoms with Gasteiger partial charge in [0.2, 0.25) is 5.75 Å². The van der Waals surface area contributed by atoms with E-state index in [9.17, 15) is 9.59 Å². The quantitative estimate of drug-likeness (QED) is 0.589. The zero-order valence-electron chi connectivity index (χ0n) is 17.1. The summed E-state index contributed by atoms with van der Waals surface area (Å²) in [6, 6.07) is 14.1. The minimum absolute atomic E-state index is 0.0556. The van der Waals surface area contributed by atoms with Gasteiger partial charge in [0.15, 0.2) is 11.5 Å². The first kappa shape index (κ1) is 20.8. The summed E-state index contributed by atoms with van der Waals surface area (Å²) in [5.74, 6) is -0.0529. The zero-order chi connectivity index (χ0) is 21.7. The zero-order valence-corrected chi connectivity index (χ0v) is 17.1. The van der Waals surface area contributed by atoms with E-state index in [2.05, 4.69) is 10.6 Å². The van der Waals surface area contributed by atoms with Crippen molar-refractivity contribution in [3.05, 3.63) is 54.1 Å². The van der Waals surface area contributed by atoms with Crippen molar-refractivity contribution in [2.24, 2.45) is 0 Å². The molecule has 0 atom stereocenters. The third kappa shape index (κ3) is 3.93. The van der Waals surface area contributed by atoms with Crippen molar-refractivity contribution in [2.45, 2.75) is 0 Å². The van der Waals surface area contributed by atoms with Gasteiger partial charge in [0, 0.05) is 11.5 Å². The van der Waals surface area contributed by atoms with Crippen LogP contribution in [0.4, 0.5) is 16.2 Å². The van der Waals surface area contributed by atoms with Gasteiger partial charge in [-0.3, -0.25) is 0 Å². The van der Waals surface area contributed by atoms with Crippen LogP contribution in [-0.4, -0.2) is 40.4 Å². The SMILES string of the molecule is COC(=O)c1cc(OC)c(OC)c(OC)c1NC(=O)Nc1cccc2ccccc12. The van der Waals surface area contributed by atoms with Crippen molar-refractivity contribution in [3.63, 3.8) is 0 Å². The molecule has 3 rings (SSSR count). The van der Waals surface area contributed by atoms with Crippen LogP contribution in [0.1, 0.15) is 10.4 Å². The maximum Gasteiger partial charge on any atom is 0.340 e. The Bertz CT molecular complexity index is 1090. The van der Waals surface area contributed by atoms with Gasteiger partial charge in [0.1, 0.15) is 5.69 Å². The molecule has 0 spiro atoms. The lowest BCUT2D eigenvalue weighted by Gasteiger charge is -2.19. The summed E-state index contributed by atoms with van der Waals surface area (Å²) in [5, 5.41) is 7.34. The number of hydrogen-bond donors (Lipinski definition) is 2. The summed E-state index contributed by atoms with van der Waals surface area (Å²) in [6.45, 7) is 0. The van der Waals surface area contributed by atoms with Crippen molar-refractivity contribution >= 4 is 34.1 Å². The molecule has 3 aromatic carbocycles. The van der Waals surface area contributed by atoms with E-state index in [0.717, 1.165) is 10.8 Å². The smallest absolute Gasteiger partial charge is 0.340 e. The van der Waals surface area contributed by atoms with Gasteiger partial charge in [-0.25, -0.2) is 9.59 Å². The normalized spacial score (nSPS) is 10.3. The number of methoxy groups -OCH3 is 4. The molecule has 0 bridgehead atoms. The highest BCUT2D eigenvalue weighted by atomic mass is 16.5. The van der Waals surface area contributed by atoms with Gasteiger partial charge in [-0.05, 0) is 11.5 Å². The van der Waals surface area contributed by atoms with Crippen molar-refractivity contribution in [3.8, 4) is 17.2 Å². The molecule has 0 heterocycles. The van der Waals surface area contributed by atoms with Crippen LogP contribution in [0, 0.1) is 0 Å². The summed E-state index contributed by atoms with van der Waals surface area (Å²) in [5.41, 5.74) is 0.768. The van der Waals surface area contributed by atoms with E-state index in [1.165, 1.54) is 34.5 Å². The lowest BCUT2D eigenvalue weighted by Crippen LogP contribution is -2.22. The van der Waals surface area contributed by atoms with Gasteiger partial charge in [0.25, 0.3) is 0 Å². The van der Waals surface area contributed by atoms with Crippen LogP contribution >= 0.6 is 0 Å². The van der Waals surface area contributed by atoms with Crippen molar-refractivity contribution < 1.29 is 28.5 Å². The molecule has 156 valence electrons. The number of amides is 2. The molecule has 0 unspecified atom stereocenters. The first-order valence-corrected chi connectivity index (χ1v) is 9.01. The number of carbonyl (C=O) groups excluding carboxylic acids is 2. The Morgan fingerprint density at radius 3 is 2.17 bits per heavy atom. The summed E-state index contributed by atoms with van der Waals surface area (Å²) in [6.07, 6.45) is 0. The summed E-state index contributed by atoms with van der Waals surface area (Å²) >= 11 is 0. The number of esters is 1. The number of fused-ring (bicyclic) bond motifs is 1. The second-order valence-corrected chi connectivity index (χ2v) is 6.17. The molecule has 2 amide bonds. The Morgan fingerprint density at radius 2 is 1.50 bits per heavy atom. The van der Waals surface area contributed by atoms with Gasteiger partial charge in [0.05, 0.1) is 39.7 Å². The summed E-state index contributed by atoms with van der Waals surface area (Å²) in [4.78, 5) is 25.1. The molecule has 3 aromatic rings. The minimum atomic E-state index is -0.672. The van der Waals surface area contributed by atoms with E-state index in [1.54, 1.807) is 6.07 Å². The highest BCUT2D eigenvalue weighted by Gasteiger charge is 2.26. The number of benzene rings is 3. The van der Waals surface area contributed by atoms with Crippen LogP contribution in [0.2, 0.25) is 0 Å². The van der Waals surface area contributed by atoms with Crippen molar-refractivity contribution in [1.29, 1.82) is 0 Å². The lowest BCUT2D eigenvalue weighted by atomic mass is 10.1. The maximum atomic E-state index is 12.8. The van der Waals surface area contributed by atoms with Crippen LogP contribution in [0.3, 0.4) is 0 Å². The van der Waals surface area contributed by atoms with Gasteiger partial charge in [-0.1, -0.05) is 36.4 Å². The molecule has 30 heavy (non-hydrogen) atoms. The molecule has 0 aromatic heterocycles. The Balaban J connectivity index is 2.02. The number of hydrogen-bond acceptors (Lipinski definition) is 6. The van der Waals surface area contributed by atoms with E-state index in [0.29, 0.717) is 5.69 Å². The van der Waals surface area contributed by atoms with Gasteiger partial charge < -0.3 is 29.6 Å². The molecule has 0 fully saturated rings. The second kappa shape index (κ2) is 9.04. The predicted molar refractivity (Wildman–Crippen MR) is 114 cm³/mol. The Hall–Kier alpha value is -3.94. The average Bonchev–Trinajstić information content (AvgIpc) is 2.78. The molecule has 0 radical (unpaired) electrons. The Labute approximate surface area is 173 Å². The van der Waals surface area contributed by atoms with Gasteiger partial charge >= 0.3 is 12.0 Å². The number of nitrogens with one attached hydrogen (secondary N) is 2. The number of anilines is 2. The molecule has 0 aliphatic heterocycles. The molecule has 8 heteroatoms. The number of rotatable bonds is 6. The van der Waals surface area contributed by atoms with Crippen LogP contribution in [-0.2, 0) is 4.74 Å². The summed E-state index contributed by atoms with van der Waals surface area (Å²) in [7, 11) is 5.49. The van der Waals surface area contributed by atoms with E-state index in [1.807, 2.05) is 36.4 Å². The highest BCUT2D eigenvalue weighted by molar-refractivity contribution is 6.10. The minimum Gasteiger partial charge on any atom is -0.493 e. The fourth-order valence-corrected chi connectivity index (χ4v) is 3.15.